The third kappa shape index (κ3) is 3.88. The number of guanidine groups is 1. The fourth-order valence-electron chi connectivity index (χ4n) is 3.09. The second-order valence-electron chi connectivity index (χ2n) is 6.68. The zero-order valence-electron chi connectivity index (χ0n) is 16.1. The molecule has 2 aromatic rings. The average Bonchev–Trinajstić information content (AvgIpc) is 2.94. The fourth-order valence-corrected chi connectivity index (χ4v) is 3.09. The zero-order chi connectivity index (χ0) is 20.3. The number of benzene rings is 2. The lowest BCUT2D eigenvalue weighted by molar-refractivity contribution is 0.0657. The van der Waals surface area contributed by atoms with E-state index in [9.17, 15) is 14.0 Å². The minimum Gasteiger partial charge on any atom is -0.355 e. The molecule has 0 aliphatic carbocycles. The van der Waals surface area contributed by atoms with Crippen LogP contribution in [0.25, 0.3) is 0 Å². The number of hydrogen-bond acceptors (Lipinski definition) is 3. The normalized spacial score (nSPS) is 14.9. The van der Waals surface area contributed by atoms with Crippen molar-refractivity contribution in [3.05, 3.63) is 70.5 Å². The summed E-state index contributed by atoms with van der Waals surface area (Å²) in [6.45, 7) is 4.19. The molecule has 0 bridgehead atoms. The lowest BCUT2D eigenvalue weighted by Crippen LogP contribution is -2.43. The molecule has 6 nitrogen and oxygen atoms in total. The van der Waals surface area contributed by atoms with Crippen LogP contribution in [0.2, 0.25) is 0 Å². The molecule has 0 saturated heterocycles. The Labute approximate surface area is 163 Å². The molecule has 28 heavy (non-hydrogen) atoms. The number of imide groups is 1. The summed E-state index contributed by atoms with van der Waals surface area (Å²) in [4.78, 5) is 30.1. The van der Waals surface area contributed by atoms with Crippen molar-refractivity contribution in [3.63, 3.8) is 0 Å². The van der Waals surface area contributed by atoms with Gasteiger partial charge in [-0.3, -0.25) is 19.5 Å². The summed E-state index contributed by atoms with van der Waals surface area (Å²) in [5.74, 6) is -0.312. The first-order valence-electron chi connectivity index (χ1n) is 9.11. The Hall–Kier alpha value is -3.22. The van der Waals surface area contributed by atoms with Crippen LogP contribution >= 0.6 is 0 Å². The van der Waals surface area contributed by atoms with Gasteiger partial charge in [-0.05, 0) is 43.2 Å². The number of carbonyl (C=O) groups is 2. The maximum atomic E-state index is 13.8. The van der Waals surface area contributed by atoms with Crippen LogP contribution in [-0.2, 0) is 0 Å². The van der Waals surface area contributed by atoms with E-state index in [1.165, 1.54) is 11.0 Å². The Kier molecular flexibility index (Phi) is 5.73. The predicted molar refractivity (Wildman–Crippen MR) is 106 cm³/mol. The number of nitrogens with zero attached hydrogens (tertiary/aromatic N) is 2. The number of carbonyl (C=O) groups excluding carboxylic acids is 2. The molecule has 1 aliphatic heterocycles. The van der Waals surface area contributed by atoms with Crippen molar-refractivity contribution < 1.29 is 14.0 Å². The first kappa shape index (κ1) is 19.5. The molecule has 7 heteroatoms. The molecule has 0 radical (unpaired) electrons. The Morgan fingerprint density at radius 3 is 2.36 bits per heavy atom. The fraction of sp³-hybridized carbons (Fsp3) is 0.286. The Balaban J connectivity index is 1.56. The van der Waals surface area contributed by atoms with Gasteiger partial charge in [0.25, 0.3) is 11.8 Å². The Morgan fingerprint density at radius 1 is 1.14 bits per heavy atom. The van der Waals surface area contributed by atoms with Crippen LogP contribution in [0.5, 0.6) is 0 Å². The van der Waals surface area contributed by atoms with Crippen LogP contribution < -0.4 is 10.6 Å². The van der Waals surface area contributed by atoms with E-state index in [1.54, 1.807) is 44.3 Å². The van der Waals surface area contributed by atoms with Crippen molar-refractivity contribution in [2.45, 2.75) is 19.9 Å². The van der Waals surface area contributed by atoms with Gasteiger partial charge in [-0.2, -0.15) is 0 Å². The third-order valence-electron chi connectivity index (χ3n) is 4.78. The van der Waals surface area contributed by atoms with Crippen molar-refractivity contribution in [2.24, 2.45) is 4.99 Å². The topological polar surface area (TPSA) is 73.8 Å². The summed E-state index contributed by atoms with van der Waals surface area (Å²) in [5.41, 5.74) is 2.26. The second-order valence-corrected chi connectivity index (χ2v) is 6.68. The molecule has 146 valence electrons. The Morgan fingerprint density at radius 2 is 1.79 bits per heavy atom. The summed E-state index contributed by atoms with van der Waals surface area (Å²) in [6.07, 6.45) is 0. The molecular formula is C21H23FN4O2. The van der Waals surface area contributed by atoms with E-state index >= 15 is 0 Å². The largest absolute Gasteiger partial charge is 0.355 e. The smallest absolute Gasteiger partial charge is 0.261 e. The van der Waals surface area contributed by atoms with Gasteiger partial charge in [0.05, 0.1) is 17.2 Å². The summed E-state index contributed by atoms with van der Waals surface area (Å²) < 4.78 is 13.8. The summed E-state index contributed by atoms with van der Waals surface area (Å²) in [5, 5.41) is 6.27. The molecule has 1 unspecified atom stereocenters. The lowest BCUT2D eigenvalue weighted by Gasteiger charge is -2.20. The molecular weight excluding hydrogens is 359 g/mol. The molecule has 1 aliphatic rings. The highest BCUT2D eigenvalue weighted by Gasteiger charge is 2.34. The molecule has 0 saturated carbocycles. The molecule has 1 heterocycles. The number of halogens is 1. The van der Waals surface area contributed by atoms with Crippen molar-refractivity contribution in [1.82, 2.24) is 15.5 Å². The van der Waals surface area contributed by atoms with Crippen LogP contribution in [-0.4, -0.2) is 42.8 Å². The van der Waals surface area contributed by atoms with Gasteiger partial charge in [0, 0.05) is 20.1 Å². The zero-order valence-corrected chi connectivity index (χ0v) is 16.1. The highest BCUT2D eigenvalue weighted by Crippen LogP contribution is 2.21. The van der Waals surface area contributed by atoms with E-state index in [1.807, 2.05) is 13.0 Å². The molecule has 0 aromatic heterocycles. The monoisotopic (exact) mass is 382 g/mol. The number of hydrogen-bond donors (Lipinski definition) is 2. The minimum atomic E-state index is -0.283. The number of fused-ring (bicyclic) bond motifs is 1. The Bertz CT molecular complexity index is 907. The summed E-state index contributed by atoms with van der Waals surface area (Å²) >= 11 is 0. The third-order valence-corrected chi connectivity index (χ3v) is 4.78. The van der Waals surface area contributed by atoms with Gasteiger partial charge in [0.15, 0.2) is 5.96 Å². The number of nitrogens with one attached hydrogen (secondary N) is 2. The number of amides is 2. The summed E-state index contributed by atoms with van der Waals surface area (Å²) in [6, 6.07) is 11.7. The van der Waals surface area contributed by atoms with E-state index in [4.69, 9.17) is 0 Å². The quantitative estimate of drug-likeness (QED) is 0.474. The van der Waals surface area contributed by atoms with E-state index < -0.39 is 0 Å². The second kappa shape index (κ2) is 8.21. The summed E-state index contributed by atoms with van der Waals surface area (Å²) in [7, 11) is 1.62. The van der Waals surface area contributed by atoms with Crippen molar-refractivity contribution in [1.29, 1.82) is 0 Å². The van der Waals surface area contributed by atoms with Gasteiger partial charge in [-0.25, -0.2) is 4.39 Å². The molecule has 0 fully saturated rings. The molecule has 2 amide bonds. The van der Waals surface area contributed by atoms with Gasteiger partial charge in [-0.15, -0.1) is 0 Å². The van der Waals surface area contributed by atoms with Crippen molar-refractivity contribution in [2.75, 3.05) is 20.1 Å². The van der Waals surface area contributed by atoms with Gasteiger partial charge in [0.1, 0.15) is 5.82 Å². The highest BCUT2D eigenvalue weighted by atomic mass is 19.1. The number of aliphatic imine (C=N–C) groups is 1. The first-order chi connectivity index (χ1) is 13.4. The number of rotatable bonds is 5. The lowest BCUT2D eigenvalue weighted by atomic mass is 10.1. The van der Waals surface area contributed by atoms with E-state index in [-0.39, 0.29) is 30.2 Å². The molecule has 2 N–H and O–H groups in total. The minimum absolute atomic E-state index is 0.166. The van der Waals surface area contributed by atoms with Gasteiger partial charge in [0.2, 0.25) is 0 Å². The standard InChI is InChI=1S/C21H23FN4O2/c1-13-8-9-15(12-18(13)22)14(2)25-21(23-3)24-10-11-26-19(27)16-6-4-5-7-17(16)20(26)28/h4-9,12,14H,10-11H2,1-3H3,(H2,23,24,25). The van der Waals surface area contributed by atoms with Crippen LogP contribution in [0.3, 0.4) is 0 Å². The highest BCUT2D eigenvalue weighted by molar-refractivity contribution is 6.21. The van der Waals surface area contributed by atoms with Crippen LogP contribution in [0.1, 0.15) is 44.8 Å². The van der Waals surface area contributed by atoms with E-state index in [0.717, 1.165) is 5.56 Å². The first-order valence-corrected chi connectivity index (χ1v) is 9.11. The van der Waals surface area contributed by atoms with Crippen molar-refractivity contribution >= 4 is 17.8 Å². The van der Waals surface area contributed by atoms with E-state index in [0.29, 0.717) is 29.2 Å². The van der Waals surface area contributed by atoms with E-state index in [2.05, 4.69) is 15.6 Å². The predicted octanol–water partition coefficient (Wildman–Crippen LogP) is 2.66. The van der Waals surface area contributed by atoms with Crippen molar-refractivity contribution in [3.8, 4) is 0 Å². The molecule has 3 rings (SSSR count). The van der Waals surface area contributed by atoms with Gasteiger partial charge in [-0.1, -0.05) is 24.3 Å². The average molecular weight is 382 g/mol. The van der Waals surface area contributed by atoms with Gasteiger partial charge >= 0.3 is 0 Å². The SMILES string of the molecule is CN=C(NCCN1C(=O)c2ccccc2C1=O)NC(C)c1ccc(C)c(F)c1. The maximum absolute atomic E-state index is 13.8. The van der Waals surface area contributed by atoms with Gasteiger partial charge < -0.3 is 10.6 Å². The molecule has 0 spiro atoms. The number of aryl methyl sites for hydroxylation is 1. The van der Waals surface area contributed by atoms with Crippen LogP contribution in [0.4, 0.5) is 4.39 Å². The maximum Gasteiger partial charge on any atom is 0.261 e. The molecule has 1 atom stereocenters. The van der Waals surface area contributed by atoms with Crippen LogP contribution in [0, 0.1) is 12.7 Å². The van der Waals surface area contributed by atoms with Crippen LogP contribution in [0.15, 0.2) is 47.5 Å². The molecule has 2 aromatic carbocycles.